The van der Waals surface area contributed by atoms with E-state index in [0.29, 0.717) is 19.4 Å². The molecule has 0 aromatic carbocycles. The van der Waals surface area contributed by atoms with Crippen LogP contribution in [0.5, 0.6) is 0 Å². The van der Waals surface area contributed by atoms with Gasteiger partial charge >= 0.3 is 0 Å². The zero-order chi connectivity index (χ0) is 13.4. The Morgan fingerprint density at radius 1 is 1.39 bits per heavy atom. The molecule has 102 valence electrons. The van der Waals surface area contributed by atoms with Gasteiger partial charge in [0.15, 0.2) is 0 Å². The molecular weight excluding hydrogens is 228 g/mol. The van der Waals surface area contributed by atoms with Gasteiger partial charge in [0.25, 0.3) is 0 Å². The molecule has 4 nitrogen and oxygen atoms in total. The first kappa shape index (κ1) is 14.7. The molecule has 0 radical (unpaired) electrons. The first-order valence-electron chi connectivity index (χ1n) is 6.82. The average molecular weight is 252 g/mol. The van der Waals surface area contributed by atoms with Crippen LogP contribution >= 0.6 is 0 Å². The zero-order valence-corrected chi connectivity index (χ0v) is 11.4. The molecule has 0 aliphatic heterocycles. The van der Waals surface area contributed by atoms with Crippen molar-refractivity contribution in [2.24, 2.45) is 0 Å². The normalized spacial score (nSPS) is 16.7. The predicted octanol–water partition coefficient (Wildman–Crippen LogP) is 1.91. The number of rotatable bonds is 6. The summed E-state index contributed by atoms with van der Waals surface area (Å²) in [5, 5.41) is 5.71. The number of allylic oxidation sites excluding steroid dienone is 1. The Kier molecular flexibility index (Phi) is 6.47. The van der Waals surface area contributed by atoms with Gasteiger partial charge in [-0.2, -0.15) is 0 Å². The molecule has 0 heterocycles. The van der Waals surface area contributed by atoms with Gasteiger partial charge in [0, 0.05) is 25.9 Å². The Morgan fingerprint density at radius 2 is 2.17 bits per heavy atom. The van der Waals surface area contributed by atoms with Gasteiger partial charge in [-0.3, -0.25) is 9.59 Å². The lowest BCUT2D eigenvalue weighted by molar-refractivity contribution is -0.122. The molecule has 0 aromatic heterocycles. The van der Waals surface area contributed by atoms with E-state index in [2.05, 4.69) is 16.7 Å². The molecule has 1 atom stereocenters. The summed E-state index contributed by atoms with van der Waals surface area (Å²) in [4.78, 5) is 22.3. The molecule has 0 saturated heterocycles. The quantitative estimate of drug-likeness (QED) is 0.560. The first-order valence-corrected chi connectivity index (χ1v) is 6.82. The van der Waals surface area contributed by atoms with Crippen LogP contribution in [-0.4, -0.2) is 24.4 Å². The number of hydrogen-bond acceptors (Lipinski definition) is 2. The second-order valence-electron chi connectivity index (χ2n) is 4.90. The molecule has 1 rings (SSSR count). The summed E-state index contributed by atoms with van der Waals surface area (Å²) in [5.74, 6) is 0.0236. The third-order valence-corrected chi connectivity index (χ3v) is 3.21. The summed E-state index contributed by atoms with van der Waals surface area (Å²) < 4.78 is 0. The summed E-state index contributed by atoms with van der Waals surface area (Å²) in [6.07, 6.45) is 8.15. The Morgan fingerprint density at radius 3 is 2.78 bits per heavy atom. The predicted molar refractivity (Wildman–Crippen MR) is 72.1 cm³/mol. The van der Waals surface area contributed by atoms with Crippen molar-refractivity contribution in [1.82, 2.24) is 10.6 Å². The van der Waals surface area contributed by atoms with Crippen LogP contribution < -0.4 is 10.6 Å². The van der Waals surface area contributed by atoms with E-state index in [0.717, 1.165) is 12.8 Å². The number of carbonyl (C=O) groups is 2. The van der Waals surface area contributed by atoms with E-state index in [4.69, 9.17) is 0 Å². The highest BCUT2D eigenvalue weighted by atomic mass is 16.2. The molecule has 0 bridgehead atoms. The maximum atomic E-state index is 11.7. The van der Waals surface area contributed by atoms with Crippen LogP contribution in [0.4, 0.5) is 0 Å². The van der Waals surface area contributed by atoms with Gasteiger partial charge < -0.3 is 10.6 Å². The molecule has 0 saturated carbocycles. The molecule has 2 amide bonds. The van der Waals surface area contributed by atoms with Crippen LogP contribution in [0.1, 0.15) is 52.4 Å². The third-order valence-electron chi connectivity index (χ3n) is 3.21. The van der Waals surface area contributed by atoms with E-state index in [1.54, 1.807) is 0 Å². The fourth-order valence-electron chi connectivity index (χ4n) is 2.18. The van der Waals surface area contributed by atoms with Crippen molar-refractivity contribution < 1.29 is 9.59 Å². The minimum atomic E-state index is -0.0452. The Hall–Kier alpha value is -1.32. The maximum Gasteiger partial charge on any atom is 0.220 e. The summed E-state index contributed by atoms with van der Waals surface area (Å²) in [6, 6.07) is 0.151. The molecule has 0 aromatic rings. The van der Waals surface area contributed by atoms with E-state index >= 15 is 0 Å². The largest absolute Gasteiger partial charge is 0.356 e. The van der Waals surface area contributed by atoms with Crippen molar-refractivity contribution in [3.8, 4) is 0 Å². The second-order valence-corrected chi connectivity index (χ2v) is 4.90. The lowest BCUT2D eigenvalue weighted by Crippen LogP contribution is -2.34. The molecule has 1 unspecified atom stereocenters. The molecule has 4 heteroatoms. The standard InChI is InChI=1S/C14H24N2O2/c1-11(13-7-4-3-5-8-13)16-14(18)9-6-10-15-12(2)17/h7,11H,3-6,8-10H2,1-2H3,(H,15,17)(H,16,18). The second kappa shape index (κ2) is 7.90. The minimum absolute atomic E-state index is 0.0452. The van der Waals surface area contributed by atoms with Crippen molar-refractivity contribution in [2.45, 2.75) is 58.4 Å². The molecule has 0 fully saturated rings. The van der Waals surface area contributed by atoms with Crippen LogP contribution in [0.2, 0.25) is 0 Å². The number of carbonyl (C=O) groups excluding carboxylic acids is 2. The highest BCUT2D eigenvalue weighted by Gasteiger charge is 2.13. The van der Waals surface area contributed by atoms with Crippen LogP contribution in [0.15, 0.2) is 11.6 Å². The SMILES string of the molecule is CC(=O)NCCCC(=O)NC(C)C1=CCCCC1. The third kappa shape index (κ3) is 5.84. The van der Waals surface area contributed by atoms with Crippen molar-refractivity contribution in [2.75, 3.05) is 6.54 Å². The van der Waals surface area contributed by atoms with E-state index in [1.807, 2.05) is 6.92 Å². The highest BCUT2D eigenvalue weighted by Crippen LogP contribution is 2.20. The van der Waals surface area contributed by atoms with Gasteiger partial charge in [-0.15, -0.1) is 0 Å². The smallest absolute Gasteiger partial charge is 0.220 e. The highest BCUT2D eigenvalue weighted by molar-refractivity contribution is 5.76. The van der Waals surface area contributed by atoms with Gasteiger partial charge in [-0.05, 0) is 39.0 Å². The van der Waals surface area contributed by atoms with Crippen LogP contribution in [0.25, 0.3) is 0 Å². The Bertz CT molecular complexity index is 324. The maximum absolute atomic E-state index is 11.7. The fourth-order valence-corrected chi connectivity index (χ4v) is 2.18. The fraction of sp³-hybridized carbons (Fsp3) is 0.714. The molecule has 0 spiro atoms. The molecule has 1 aliphatic rings. The lowest BCUT2D eigenvalue weighted by atomic mass is 9.94. The van der Waals surface area contributed by atoms with Crippen molar-refractivity contribution in [3.05, 3.63) is 11.6 Å². The molecule has 2 N–H and O–H groups in total. The topological polar surface area (TPSA) is 58.2 Å². The number of hydrogen-bond donors (Lipinski definition) is 2. The summed E-state index contributed by atoms with van der Waals surface area (Å²) in [6.45, 7) is 4.10. The van der Waals surface area contributed by atoms with E-state index in [9.17, 15) is 9.59 Å². The number of amides is 2. The molecular formula is C14H24N2O2. The van der Waals surface area contributed by atoms with E-state index in [-0.39, 0.29) is 17.9 Å². The molecule has 1 aliphatic carbocycles. The Balaban J connectivity index is 2.18. The van der Waals surface area contributed by atoms with Gasteiger partial charge in [0.2, 0.25) is 11.8 Å². The van der Waals surface area contributed by atoms with Crippen LogP contribution in [-0.2, 0) is 9.59 Å². The van der Waals surface area contributed by atoms with Crippen molar-refractivity contribution in [1.29, 1.82) is 0 Å². The summed E-state index contributed by atoms with van der Waals surface area (Å²) in [5.41, 5.74) is 1.36. The zero-order valence-electron chi connectivity index (χ0n) is 11.4. The summed E-state index contributed by atoms with van der Waals surface area (Å²) >= 11 is 0. The Labute approximate surface area is 109 Å². The van der Waals surface area contributed by atoms with Gasteiger partial charge in [0.1, 0.15) is 0 Å². The minimum Gasteiger partial charge on any atom is -0.356 e. The van der Waals surface area contributed by atoms with Crippen LogP contribution in [0.3, 0.4) is 0 Å². The van der Waals surface area contributed by atoms with Gasteiger partial charge in [-0.25, -0.2) is 0 Å². The van der Waals surface area contributed by atoms with E-state index < -0.39 is 0 Å². The number of nitrogens with one attached hydrogen (secondary N) is 2. The lowest BCUT2D eigenvalue weighted by Gasteiger charge is -2.20. The summed E-state index contributed by atoms with van der Waals surface area (Å²) in [7, 11) is 0. The van der Waals surface area contributed by atoms with Gasteiger partial charge in [0.05, 0.1) is 0 Å². The van der Waals surface area contributed by atoms with E-state index in [1.165, 1.54) is 25.3 Å². The van der Waals surface area contributed by atoms with Crippen LogP contribution in [0, 0.1) is 0 Å². The van der Waals surface area contributed by atoms with Gasteiger partial charge in [-0.1, -0.05) is 11.6 Å². The van der Waals surface area contributed by atoms with Crippen molar-refractivity contribution >= 4 is 11.8 Å². The first-order chi connectivity index (χ1) is 8.59. The van der Waals surface area contributed by atoms with Crippen molar-refractivity contribution in [3.63, 3.8) is 0 Å². The molecule has 18 heavy (non-hydrogen) atoms. The monoisotopic (exact) mass is 252 g/mol. The average Bonchev–Trinajstić information content (AvgIpc) is 2.35.